The van der Waals surface area contributed by atoms with E-state index in [0.29, 0.717) is 4.57 Å². The zero-order valence-electron chi connectivity index (χ0n) is 19.4. The van der Waals surface area contributed by atoms with Crippen LogP contribution < -0.4 is 5.59 Å². The van der Waals surface area contributed by atoms with Crippen molar-refractivity contribution in [1.82, 2.24) is 9.55 Å². The zero-order valence-corrected chi connectivity index (χ0v) is 13.4. The van der Waals surface area contributed by atoms with E-state index in [1.807, 2.05) is 0 Å². The van der Waals surface area contributed by atoms with Crippen LogP contribution in [0.2, 0.25) is 0 Å². The summed E-state index contributed by atoms with van der Waals surface area (Å²) < 4.78 is 100. The Balaban J connectivity index is 2.28. The summed E-state index contributed by atoms with van der Waals surface area (Å²) in [7, 11) is -1.24. The number of hydrogen-bond acceptors (Lipinski definition) is 3. The summed E-state index contributed by atoms with van der Waals surface area (Å²) in [6.45, 7) is 6.91. The maximum atomic E-state index is 13.7. The summed E-state index contributed by atoms with van der Waals surface area (Å²) in [5, 5.41) is 0. The van der Waals surface area contributed by atoms with E-state index in [2.05, 4.69) is 4.98 Å². The van der Waals surface area contributed by atoms with Crippen molar-refractivity contribution < 1.29 is 30.7 Å². The second kappa shape index (κ2) is 5.36. The molecule has 0 atom stereocenters. The minimum Gasteiger partial charge on any atom is -0.398 e. The summed E-state index contributed by atoms with van der Waals surface area (Å²) in [5.41, 5.74) is -4.68. The van der Waals surface area contributed by atoms with Crippen molar-refractivity contribution in [2.24, 2.45) is 0 Å². The summed E-state index contributed by atoms with van der Waals surface area (Å²) in [6.07, 6.45) is -6.69. The summed E-state index contributed by atoms with van der Waals surface area (Å²) in [6, 6.07) is -4.35. The smallest absolute Gasteiger partial charge is 0.398 e. The standard InChI is InChI=1S/C16H18BF3N2O2/c1-14(2)15(3,4)24-17(23-14)13-9-22(10-21-13)12-8-6-5-7-11(12)16(18,19)20/h5-10H,1-4H3/i5D,6D,7D,8D,9D,10D. The lowest BCUT2D eigenvalue weighted by atomic mass is 9.86. The molecule has 1 saturated heterocycles. The average molecular weight is 344 g/mol. The zero-order chi connectivity index (χ0) is 23.0. The van der Waals surface area contributed by atoms with Crippen molar-refractivity contribution in [1.29, 1.82) is 0 Å². The highest BCUT2D eigenvalue weighted by Gasteiger charge is 2.52. The Morgan fingerprint density at radius 1 is 1.12 bits per heavy atom. The predicted octanol–water partition coefficient (Wildman–Crippen LogP) is 3.19. The fourth-order valence-corrected chi connectivity index (χ4v) is 2.11. The lowest BCUT2D eigenvalue weighted by molar-refractivity contribution is -0.137. The maximum Gasteiger partial charge on any atom is 0.516 e. The first-order chi connectivity index (χ1) is 13.5. The monoisotopic (exact) mass is 344 g/mol. The summed E-state index contributed by atoms with van der Waals surface area (Å²) >= 11 is 0. The fraction of sp³-hybridized carbons (Fsp3) is 0.438. The van der Waals surface area contributed by atoms with Gasteiger partial charge < -0.3 is 13.9 Å². The van der Waals surface area contributed by atoms with E-state index >= 15 is 0 Å². The van der Waals surface area contributed by atoms with Gasteiger partial charge in [0.1, 0.15) is 1.37 Å². The molecule has 2 aromatic rings. The van der Waals surface area contributed by atoms with Crippen LogP contribution in [0.15, 0.2) is 36.6 Å². The second-order valence-corrected chi connectivity index (χ2v) is 6.35. The lowest BCUT2D eigenvalue weighted by Crippen LogP contribution is -2.41. The number of imidazole rings is 1. The van der Waals surface area contributed by atoms with Crippen molar-refractivity contribution >= 4 is 12.7 Å². The second-order valence-electron chi connectivity index (χ2n) is 6.35. The molecule has 8 heteroatoms. The number of aromatic nitrogens is 2. The highest BCUT2D eigenvalue weighted by Crippen LogP contribution is 2.37. The Hall–Kier alpha value is -1.80. The summed E-state index contributed by atoms with van der Waals surface area (Å²) in [4.78, 5) is 3.82. The molecule has 4 nitrogen and oxygen atoms in total. The van der Waals surface area contributed by atoms with Gasteiger partial charge in [-0.1, -0.05) is 12.1 Å². The average Bonchev–Trinajstić information content (AvgIpc) is 2.99. The van der Waals surface area contributed by atoms with E-state index in [0.717, 1.165) is 0 Å². The largest absolute Gasteiger partial charge is 0.516 e. The van der Waals surface area contributed by atoms with Crippen LogP contribution >= 0.6 is 0 Å². The number of hydrogen-bond donors (Lipinski definition) is 0. The number of para-hydroxylation sites is 1. The van der Waals surface area contributed by atoms with Crippen molar-refractivity contribution in [2.45, 2.75) is 45.1 Å². The van der Waals surface area contributed by atoms with Crippen LogP contribution in [-0.2, 0) is 15.5 Å². The molecular weight excluding hydrogens is 320 g/mol. The van der Waals surface area contributed by atoms with Gasteiger partial charge in [-0.05, 0) is 39.8 Å². The molecule has 1 aliphatic rings. The van der Waals surface area contributed by atoms with Crippen molar-refractivity contribution in [3.63, 3.8) is 0 Å². The van der Waals surface area contributed by atoms with E-state index in [-0.39, 0.29) is 5.59 Å². The quantitative estimate of drug-likeness (QED) is 0.785. The van der Waals surface area contributed by atoms with Crippen LogP contribution in [-0.4, -0.2) is 27.9 Å². The van der Waals surface area contributed by atoms with E-state index in [4.69, 9.17) is 17.5 Å². The molecule has 128 valence electrons. The van der Waals surface area contributed by atoms with Gasteiger partial charge in [-0.15, -0.1) is 0 Å². The highest BCUT2D eigenvalue weighted by atomic mass is 19.4. The number of benzene rings is 1. The van der Waals surface area contributed by atoms with Gasteiger partial charge in [-0.25, -0.2) is 4.98 Å². The molecule has 0 bridgehead atoms. The molecule has 0 unspecified atom stereocenters. The van der Waals surface area contributed by atoms with Crippen LogP contribution in [0.1, 0.15) is 41.5 Å². The number of halogens is 3. The number of alkyl halides is 3. The Bertz CT molecular complexity index is 1030. The van der Waals surface area contributed by atoms with Gasteiger partial charge in [0.15, 0.2) is 0 Å². The van der Waals surface area contributed by atoms with E-state index in [1.54, 1.807) is 27.7 Å². The van der Waals surface area contributed by atoms with Crippen molar-refractivity contribution in [3.05, 3.63) is 42.2 Å². The normalized spacial score (nSPS) is 23.2. The molecule has 0 saturated carbocycles. The fourth-order valence-electron chi connectivity index (χ4n) is 2.11. The van der Waals surface area contributed by atoms with Gasteiger partial charge in [-0.3, -0.25) is 0 Å². The van der Waals surface area contributed by atoms with Crippen LogP contribution in [0.3, 0.4) is 0 Å². The minimum absolute atomic E-state index is 0.265. The van der Waals surface area contributed by atoms with Crippen LogP contribution in [0.5, 0.6) is 0 Å². The molecule has 0 spiro atoms. The van der Waals surface area contributed by atoms with Gasteiger partial charge >= 0.3 is 13.3 Å². The minimum atomic E-state index is -5.17. The number of rotatable bonds is 2. The van der Waals surface area contributed by atoms with Gasteiger partial charge in [0, 0.05) is 6.17 Å². The highest BCUT2D eigenvalue weighted by molar-refractivity contribution is 6.61. The van der Waals surface area contributed by atoms with Gasteiger partial charge in [-0.2, -0.15) is 13.2 Å². The molecule has 1 aliphatic heterocycles. The Kier molecular flexibility index (Phi) is 2.44. The topological polar surface area (TPSA) is 36.3 Å². The first-order valence-corrected chi connectivity index (χ1v) is 7.10. The number of nitrogens with zero attached hydrogens (tertiary/aromatic N) is 2. The van der Waals surface area contributed by atoms with E-state index in [9.17, 15) is 13.2 Å². The Labute approximate surface area is 147 Å². The molecule has 0 N–H and O–H groups in total. The van der Waals surface area contributed by atoms with E-state index in [1.165, 1.54) is 0 Å². The molecule has 0 aliphatic carbocycles. The van der Waals surface area contributed by atoms with Gasteiger partial charge in [0.05, 0.1) is 41.2 Å². The Morgan fingerprint density at radius 2 is 1.71 bits per heavy atom. The molecular formula is C16H18BF3N2O2. The lowest BCUT2D eigenvalue weighted by Gasteiger charge is -2.32. The van der Waals surface area contributed by atoms with Crippen LogP contribution in [0.25, 0.3) is 5.69 Å². The Morgan fingerprint density at radius 3 is 2.29 bits per heavy atom. The third-order valence-electron chi connectivity index (χ3n) is 4.15. The van der Waals surface area contributed by atoms with E-state index < -0.39 is 72.4 Å². The van der Waals surface area contributed by atoms with Crippen LogP contribution in [0.4, 0.5) is 13.2 Å². The molecule has 0 radical (unpaired) electrons. The molecule has 2 heterocycles. The molecule has 0 amide bonds. The molecule has 3 rings (SSSR count). The summed E-state index contributed by atoms with van der Waals surface area (Å²) in [5.74, 6) is 0. The molecule has 1 aromatic heterocycles. The van der Waals surface area contributed by atoms with Crippen molar-refractivity contribution in [3.8, 4) is 5.69 Å². The molecule has 24 heavy (non-hydrogen) atoms. The molecule has 1 aromatic carbocycles. The third-order valence-corrected chi connectivity index (χ3v) is 4.15. The van der Waals surface area contributed by atoms with Crippen molar-refractivity contribution in [2.75, 3.05) is 0 Å². The molecule has 1 fully saturated rings. The maximum absolute atomic E-state index is 13.7. The van der Waals surface area contributed by atoms with Crippen LogP contribution in [0, 0.1) is 0 Å². The third kappa shape index (κ3) is 2.84. The first kappa shape index (κ1) is 10.9. The first-order valence-electron chi connectivity index (χ1n) is 10.1. The van der Waals surface area contributed by atoms with Gasteiger partial charge in [0.25, 0.3) is 0 Å². The van der Waals surface area contributed by atoms with Gasteiger partial charge in [0.2, 0.25) is 0 Å². The predicted molar refractivity (Wildman–Crippen MR) is 84.3 cm³/mol. The SMILES string of the molecule is [2H]c1c([2H])c([2H])c(C(F)(F)F)c(-n2c([2H])nc(B3OC(C)(C)C(C)(C)O3)c2[2H])c1[2H].